The molecule has 0 spiro atoms. The van der Waals surface area contributed by atoms with Gasteiger partial charge >= 0.3 is 5.97 Å². The molecule has 1 unspecified atom stereocenters. The summed E-state index contributed by atoms with van der Waals surface area (Å²) >= 11 is 0. The van der Waals surface area contributed by atoms with Crippen molar-refractivity contribution in [1.82, 2.24) is 0 Å². The molecule has 0 aromatic rings. The lowest BCUT2D eigenvalue weighted by Crippen LogP contribution is -2.76. The number of carbonyl (C=O) groups is 4. The Hall–Kier alpha value is -1.72. The van der Waals surface area contributed by atoms with Gasteiger partial charge in [0.1, 0.15) is 12.2 Å². The van der Waals surface area contributed by atoms with E-state index in [1.54, 1.807) is 0 Å². The van der Waals surface area contributed by atoms with E-state index in [4.69, 9.17) is 4.74 Å². The molecular formula is C42H78O10. The van der Waals surface area contributed by atoms with E-state index in [9.17, 15) is 44.7 Å². The fourth-order valence-corrected chi connectivity index (χ4v) is 6.91. The van der Waals surface area contributed by atoms with E-state index in [1.807, 2.05) is 0 Å². The molecule has 5 atom stereocenters. The van der Waals surface area contributed by atoms with Crippen molar-refractivity contribution in [2.24, 2.45) is 0 Å². The number of carbonyl (C=O) groups excluding carboxylic acids is 4. The van der Waals surface area contributed by atoms with Crippen LogP contribution in [0.15, 0.2) is 0 Å². The van der Waals surface area contributed by atoms with Crippen molar-refractivity contribution < 1.29 is 49.4 Å². The lowest BCUT2D eigenvalue weighted by atomic mass is 9.66. The number of aliphatic hydroxyl groups excluding tert-OH is 3. The first-order valence-electron chi connectivity index (χ1n) is 21.1. The Morgan fingerprint density at radius 2 is 0.808 bits per heavy atom. The number of unbranched alkanes of at least 4 members (excludes halogenated alkanes) is 20. The molecule has 0 aliphatic heterocycles. The summed E-state index contributed by atoms with van der Waals surface area (Å²) in [4.78, 5) is 54.5. The maximum atomic E-state index is 14.1. The second-order valence-corrected chi connectivity index (χ2v) is 15.0. The average molecular weight is 743 g/mol. The number of Topliss-reactive ketones (excluding diaryl/α,β-unsaturated/α-hetero) is 3. The number of esters is 1. The van der Waals surface area contributed by atoms with Crippen molar-refractivity contribution in [2.75, 3.05) is 6.61 Å². The van der Waals surface area contributed by atoms with Crippen LogP contribution in [0, 0.1) is 0 Å². The molecule has 10 nitrogen and oxygen atoms in total. The van der Waals surface area contributed by atoms with Crippen LogP contribution in [0.1, 0.15) is 207 Å². The highest BCUT2D eigenvalue weighted by molar-refractivity contribution is 6.01. The number of rotatable bonds is 37. The predicted molar refractivity (Wildman–Crippen MR) is 206 cm³/mol. The SMILES string of the molecule is CCCCCCCCC(=O)O[C@H](CO)[C@](O)(C(=O)CCCCCCCC)[C@@](O)(C(=O)CCCCCCCC)[C@@H](O)C(O)C(=O)CCCCCCCC. The largest absolute Gasteiger partial charge is 0.456 e. The molecule has 0 radical (unpaired) electrons. The Morgan fingerprint density at radius 1 is 0.481 bits per heavy atom. The van der Waals surface area contributed by atoms with Crippen LogP contribution in [0.3, 0.4) is 0 Å². The molecule has 52 heavy (non-hydrogen) atoms. The van der Waals surface area contributed by atoms with Crippen molar-refractivity contribution in [3.05, 3.63) is 0 Å². The summed E-state index contributed by atoms with van der Waals surface area (Å²) in [7, 11) is 0. The summed E-state index contributed by atoms with van der Waals surface area (Å²) < 4.78 is 5.49. The van der Waals surface area contributed by atoms with E-state index in [1.165, 1.54) is 0 Å². The first kappa shape index (κ1) is 50.3. The number of ketones is 3. The van der Waals surface area contributed by atoms with Crippen molar-refractivity contribution in [2.45, 2.75) is 237 Å². The molecule has 0 rings (SSSR count). The van der Waals surface area contributed by atoms with Gasteiger partial charge in [0.25, 0.3) is 0 Å². The molecule has 0 heterocycles. The topological polar surface area (TPSA) is 179 Å². The van der Waals surface area contributed by atoms with Crippen molar-refractivity contribution >= 4 is 23.3 Å². The standard InChI is InChI=1S/C42H78O10/c1-5-9-13-17-21-25-29-34(44)39(48)40(49)42(51,36(46)31-27-23-19-15-11-7-3)41(50,35(45)30-26-22-18-14-10-6-2)37(33-43)52-38(47)32-28-24-20-16-12-8-4/h37,39-40,43,48-51H,5-33H2,1-4H3/t37-,39?,40+,41-,42-/m1/s1. The van der Waals surface area contributed by atoms with E-state index in [0.717, 1.165) is 109 Å². The summed E-state index contributed by atoms with van der Waals surface area (Å²) in [6, 6.07) is 0. The van der Waals surface area contributed by atoms with E-state index >= 15 is 0 Å². The zero-order valence-electron chi connectivity index (χ0n) is 33.5. The van der Waals surface area contributed by atoms with Gasteiger partial charge in [-0.2, -0.15) is 0 Å². The molecule has 0 aromatic heterocycles. The minimum atomic E-state index is -3.46. The third-order valence-electron chi connectivity index (χ3n) is 10.4. The molecule has 0 aromatic carbocycles. The summed E-state index contributed by atoms with van der Waals surface area (Å²) in [5.74, 6) is -3.96. The van der Waals surface area contributed by atoms with Crippen LogP contribution in [-0.2, 0) is 23.9 Å². The highest BCUT2D eigenvalue weighted by Crippen LogP contribution is 2.38. The van der Waals surface area contributed by atoms with Gasteiger partial charge in [0.15, 0.2) is 29.1 Å². The van der Waals surface area contributed by atoms with Crippen LogP contribution >= 0.6 is 0 Å². The van der Waals surface area contributed by atoms with Crippen LogP contribution in [0.4, 0.5) is 0 Å². The van der Waals surface area contributed by atoms with Gasteiger partial charge in [0.2, 0.25) is 5.60 Å². The number of aliphatic hydroxyl groups is 5. The quantitative estimate of drug-likeness (QED) is 0.0312. The third kappa shape index (κ3) is 18.1. The van der Waals surface area contributed by atoms with Gasteiger partial charge in [-0.1, -0.05) is 156 Å². The summed E-state index contributed by atoms with van der Waals surface area (Å²) in [5.41, 5.74) is -6.80. The molecule has 0 fully saturated rings. The average Bonchev–Trinajstić information content (AvgIpc) is 3.14. The lowest BCUT2D eigenvalue weighted by molar-refractivity contribution is -0.246. The van der Waals surface area contributed by atoms with Gasteiger partial charge < -0.3 is 30.3 Å². The second kappa shape index (κ2) is 30.6. The smallest absolute Gasteiger partial charge is 0.306 e. The molecule has 0 saturated carbocycles. The minimum absolute atomic E-state index is 0.0869. The third-order valence-corrected chi connectivity index (χ3v) is 10.4. The highest BCUT2D eigenvalue weighted by Gasteiger charge is 2.68. The number of ether oxygens (including phenoxy) is 1. The van der Waals surface area contributed by atoms with Crippen LogP contribution in [0.25, 0.3) is 0 Å². The number of hydrogen-bond acceptors (Lipinski definition) is 10. The van der Waals surface area contributed by atoms with Crippen molar-refractivity contribution in [3.63, 3.8) is 0 Å². The molecule has 0 saturated heterocycles. The van der Waals surface area contributed by atoms with Crippen molar-refractivity contribution in [3.8, 4) is 0 Å². The van der Waals surface area contributed by atoms with Gasteiger partial charge in [0.05, 0.1) is 6.61 Å². The summed E-state index contributed by atoms with van der Waals surface area (Å²) in [6.45, 7) is 7.19. The van der Waals surface area contributed by atoms with Crippen LogP contribution < -0.4 is 0 Å². The Labute approximate surface area is 315 Å². The van der Waals surface area contributed by atoms with Crippen LogP contribution in [-0.4, -0.2) is 85.0 Å². The molecule has 10 heteroatoms. The normalized spacial score (nSPS) is 15.7. The maximum Gasteiger partial charge on any atom is 0.306 e. The molecule has 0 amide bonds. The molecule has 0 aliphatic rings. The zero-order valence-corrected chi connectivity index (χ0v) is 33.5. The molecule has 306 valence electrons. The summed E-state index contributed by atoms with van der Waals surface area (Å²) in [5, 5.41) is 58.1. The molecule has 0 aliphatic carbocycles. The zero-order chi connectivity index (χ0) is 39.3. The van der Waals surface area contributed by atoms with Gasteiger partial charge in [0, 0.05) is 25.7 Å². The van der Waals surface area contributed by atoms with Gasteiger partial charge in [-0.3, -0.25) is 19.2 Å². The monoisotopic (exact) mass is 743 g/mol. The second-order valence-electron chi connectivity index (χ2n) is 15.0. The maximum absolute atomic E-state index is 14.1. The Morgan fingerprint density at radius 3 is 1.19 bits per heavy atom. The molecule has 5 N–H and O–H groups in total. The first-order chi connectivity index (χ1) is 24.9. The van der Waals surface area contributed by atoms with E-state index in [2.05, 4.69) is 27.7 Å². The highest BCUT2D eigenvalue weighted by atomic mass is 16.6. The van der Waals surface area contributed by atoms with E-state index in [-0.39, 0.29) is 38.5 Å². The molecule has 0 bridgehead atoms. The Kier molecular flexibility index (Phi) is 29.6. The van der Waals surface area contributed by atoms with E-state index in [0.29, 0.717) is 32.1 Å². The molecular weight excluding hydrogens is 664 g/mol. The predicted octanol–water partition coefficient (Wildman–Crippen LogP) is 7.78. The first-order valence-corrected chi connectivity index (χ1v) is 21.1. The fraction of sp³-hybridized carbons (Fsp3) is 0.905. The Balaban J connectivity index is 6.59. The van der Waals surface area contributed by atoms with Gasteiger partial charge in [-0.25, -0.2) is 0 Å². The van der Waals surface area contributed by atoms with Crippen LogP contribution in [0.5, 0.6) is 0 Å². The summed E-state index contributed by atoms with van der Waals surface area (Å²) in [6.07, 6.45) is 11.6. The van der Waals surface area contributed by atoms with Gasteiger partial charge in [-0.05, 0) is 25.7 Å². The van der Waals surface area contributed by atoms with Gasteiger partial charge in [-0.15, -0.1) is 0 Å². The lowest BCUT2D eigenvalue weighted by Gasteiger charge is -2.47. The number of hydrogen-bond donors (Lipinski definition) is 5. The van der Waals surface area contributed by atoms with Crippen molar-refractivity contribution in [1.29, 1.82) is 0 Å². The minimum Gasteiger partial charge on any atom is -0.456 e. The fourth-order valence-electron chi connectivity index (χ4n) is 6.91. The Bertz CT molecular complexity index is 917. The van der Waals surface area contributed by atoms with Crippen LogP contribution in [0.2, 0.25) is 0 Å². The van der Waals surface area contributed by atoms with E-state index < -0.39 is 59.4 Å².